The lowest BCUT2D eigenvalue weighted by Gasteiger charge is -2.11. The summed E-state index contributed by atoms with van der Waals surface area (Å²) in [5.74, 6) is -0.297. The lowest BCUT2D eigenvalue weighted by atomic mass is 10.1. The molecule has 0 aliphatic carbocycles. The molecule has 4 aromatic rings. The molecule has 1 amide bonds. The fraction of sp³-hybridized carbons (Fsp3) is 0.174. The first-order valence-corrected chi connectivity index (χ1v) is 9.41. The van der Waals surface area contributed by atoms with Gasteiger partial charge in [-0.3, -0.25) is 4.79 Å². The van der Waals surface area contributed by atoms with Crippen LogP contribution >= 0.6 is 0 Å². The summed E-state index contributed by atoms with van der Waals surface area (Å²) >= 11 is 0. The number of halogens is 3. The maximum absolute atomic E-state index is 13.0. The van der Waals surface area contributed by atoms with E-state index in [4.69, 9.17) is 5.11 Å². The Kier molecular flexibility index (Phi) is 4.99. The number of nitrogens with one attached hydrogen (secondary N) is 1. The van der Waals surface area contributed by atoms with Gasteiger partial charge < -0.3 is 15.0 Å². The lowest BCUT2D eigenvalue weighted by Crippen LogP contribution is -2.26. The van der Waals surface area contributed by atoms with Gasteiger partial charge in [-0.1, -0.05) is 11.6 Å². The van der Waals surface area contributed by atoms with Crippen molar-refractivity contribution in [2.45, 2.75) is 13.1 Å². The van der Waals surface area contributed by atoms with E-state index in [0.29, 0.717) is 11.3 Å². The van der Waals surface area contributed by atoms with Gasteiger partial charge in [-0.15, -0.1) is 0 Å². The Bertz CT molecular complexity index is 1240. The van der Waals surface area contributed by atoms with E-state index >= 15 is 0 Å². The fourth-order valence-corrected chi connectivity index (χ4v) is 3.63. The maximum atomic E-state index is 13.0. The van der Waals surface area contributed by atoms with Gasteiger partial charge in [0, 0.05) is 28.6 Å². The number of hydrogen-bond donors (Lipinski definition) is 2. The van der Waals surface area contributed by atoms with Gasteiger partial charge in [-0.25, -0.2) is 0 Å². The van der Waals surface area contributed by atoms with Crippen molar-refractivity contribution in [3.05, 3.63) is 77.4 Å². The summed E-state index contributed by atoms with van der Waals surface area (Å²) < 4.78 is 40.8. The molecule has 4 rings (SSSR count). The van der Waals surface area contributed by atoms with Crippen LogP contribution < -0.4 is 5.32 Å². The molecule has 0 radical (unpaired) electrons. The molecular formula is C23H19F3N2O2. The number of hydrogen-bond acceptors (Lipinski definition) is 2. The van der Waals surface area contributed by atoms with Gasteiger partial charge in [0.25, 0.3) is 5.91 Å². The first kappa shape index (κ1) is 20.0. The zero-order valence-corrected chi connectivity index (χ0v) is 16.1. The number of rotatable bonds is 4. The molecule has 1 heterocycles. The summed E-state index contributed by atoms with van der Waals surface area (Å²) in [5, 5.41) is 13.3. The largest absolute Gasteiger partial charge is 0.416 e. The van der Waals surface area contributed by atoms with Crippen molar-refractivity contribution in [1.82, 2.24) is 9.88 Å². The second-order valence-corrected chi connectivity index (χ2v) is 7.11. The number of amides is 1. The van der Waals surface area contributed by atoms with Crippen LogP contribution in [-0.4, -0.2) is 28.7 Å². The molecule has 0 fully saturated rings. The van der Waals surface area contributed by atoms with Gasteiger partial charge >= 0.3 is 6.18 Å². The van der Waals surface area contributed by atoms with Gasteiger partial charge in [0.1, 0.15) is 0 Å². The van der Waals surface area contributed by atoms with Gasteiger partial charge in [0.2, 0.25) is 0 Å². The summed E-state index contributed by atoms with van der Waals surface area (Å²) in [7, 11) is 0. The van der Waals surface area contributed by atoms with Gasteiger partial charge in [-0.2, -0.15) is 13.2 Å². The van der Waals surface area contributed by atoms with Crippen LogP contribution in [0, 0.1) is 6.92 Å². The highest BCUT2D eigenvalue weighted by molar-refractivity contribution is 6.11. The molecule has 1 aromatic heterocycles. The molecular weight excluding hydrogens is 393 g/mol. The van der Waals surface area contributed by atoms with Crippen LogP contribution in [0.5, 0.6) is 0 Å². The number of alkyl halides is 3. The number of aliphatic hydroxyl groups is 1. The number of fused-ring (bicyclic) bond motifs is 3. The molecule has 0 saturated carbocycles. The second kappa shape index (κ2) is 7.50. The molecule has 0 saturated heterocycles. The predicted octanol–water partition coefficient (Wildman–Crippen LogP) is 4.83. The van der Waals surface area contributed by atoms with Crippen LogP contribution in [0.15, 0.2) is 60.7 Å². The number of benzene rings is 3. The van der Waals surface area contributed by atoms with Crippen molar-refractivity contribution in [2.24, 2.45) is 0 Å². The summed E-state index contributed by atoms with van der Waals surface area (Å²) in [6.07, 6.45) is -4.40. The number of aryl methyl sites for hydroxylation is 1. The third kappa shape index (κ3) is 3.52. The molecule has 0 bridgehead atoms. The van der Waals surface area contributed by atoms with E-state index in [1.54, 1.807) is 18.2 Å². The van der Waals surface area contributed by atoms with Crippen molar-refractivity contribution in [2.75, 3.05) is 13.2 Å². The van der Waals surface area contributed by atoms with Gasteiger partial charge in [-0.05, 0) is 61.5 Å². The molecule has 0 spiro atoms. The quantitative estimate of drug-likeness (QED) is 0.504. The average molecular weight is 412 g/mol. The zero-order valence-electron chi connectivity index (χ0n) is 16.1. The van der Waals surface area contributed by atoms with Crippen molar-refractivity contribution in [3.8, 4) is 5.69 Å². The molecule has 2 N–H and O–H groups in total. The first-order chi connectivity index (χ1) is 14.3. The van der Waals surface area contributed by atoms with E-state index in [0.717, 1.165) is 39.5 Å². The highest BCUT2D eigenvalue weighted by Gasteiger charge is 2.30. The Morgan fingerprint density at radius 1 is 0.967 bits per heavy atom. The molecule has 0 atom stereocenters. The van der Waals surface area contributed by atoms with Crippen LogP contribution in [0.2, 0.25) is 0 Å². The van der Waals surface area contributed by atoms with E-state index in [1.165, 1.54) is 12.1 Å². The smallest absolute Gasteiger partial charge is 0.395 e. The summed E-state index contributed by atoms with van der Waals surface area (Å²) in [6.45, 7) is 1.96. The highest BCUT2D eigenvalue weighted by Crippen LogP contribution is 2.35. The second-order valence-electron chi connectivity index (χ2n) is 7.11. The van der Waals surface area contributed by atoms with E-state index < -0.39 is 11.7 Å². The minimum absolute atomic E-state index is 0.152. The third-order valence-electron chi connectivity index (χ3n) is 5.03. The molecule has 30 heavy (non-hydrogen) atoms. The van der Waals surface area contributed by atoms with E-state index in [9.17, 15) is 18.0 Å². The third-order valence-corrected chi connectivity index (χ3v) is 5.03. The Hall–Kier alpha value is -3.32. The minimum atomic E-state index is -4.40. The number of aliphatic hydroxyl groups excluding tert-OH is 1. The van der Waals surface area contributed by atoms with Crippen LogP contribution in [-0.2, 0) is 6.18 Å². The van der Waals surface area contributed by atoms with Crippen molar-refractivity contribution >= 4 is 27.7 Å². The maximum Gasteiger partial charge on any atom is 0.416 e. The topological polar surface area (TPSA) is 54.3 Å². The van der Waals surface area contributed by atoms with Crippen LogP contribution in [0.3, 0.4) is 0 Å². The van der Waals surface area contributed by atoms with Gasteiger partial charge in [0.05, 0.1) is 23.2 Å². The molecule has 0 aliphatic rings. The minimum Gasteiger partial charge on any atom is -0.395 e. The number of nitrogens with zero attached hydrogens (tertiary/aromatic N) is 1. The van der Waals surface area contributed by atoms with E-state index in [2.05, 4.69) is 5.32 Å². The molecule has 0 aliphatic heterocycles. The standard InChI is InChI=1S/C23H19F3N2O2/c1-14-2-8-20-18(12-14)19-13-15(22(30)27-10-11-29)3-9-21(19)28(20)17-6-4-16(5-7-17)23(24,25)26/h2-9,12-13,29H,10-11H2,1H3,(H,27,30). The summed E-state index contributed by atoms with van der Waals surface area (Å²) in [5.41, 5.74) is 3.00. The SMILES string of the molecule is Cc1ccc2c(c1)c1cc(C(=O)NCCO)ccc1n2-c1ccc(C(F)(F)F)cc1. The number of aromatic nitrogens is 1. The summed E-state index contributed by atoms with van der Waals surface area (Å²) in [4.78, 5) is 12.3. The van der Waals surface area contributed by atoms with Crippen molar-refractivity contribution in [1.29, 1.82) is 0 Å². The zero-order chi connectivity index (χ0) is 21.5. The Balaban J connectivity index is 1.92. The Morgan fingerprint density at radius 2 is 1.60 bits per heavy atom. The molecule has 0 unspecified atom stereocenters. The lowest BCUT2D eigenvalue weighted by molar-refractivity contribution is -0.137. The molecule has 7 heteroatoms. The van der Waals surface area contributed by atoms with Crippen molar-refractivity contribution in [3.63, 3.8) is 0 Å². The fourth-order valence-electron chi connectivity index (χ4n) is 3.63. The Morgan fingerprint density at radius 3 is 2.23 bits per heavy atom. The van der Waals surface area contributed by atoms with E-state index in [-0.39, 0.29) is 19.1 Å². The van der Waals surface area contributed by atoms with E-state index in [1.807, 2.05) is 29.7 Å². The van der Waals surface area contributed by atoms with Crippen molar-refractivity contribution < 1.29 is 23.1 Å². The monoisotopic (exact) mass is 412 g/mol. The van der Waals surface area contributed by atoms with Crippen LogP contribution in [0.1, 0.15) is 21.5 Å². The summed E-state index contributed by atoms with van der Waals surface area (Å²) in [6, 6.07) is 16.1. The normalized spacial score (nSPS) is 11.9. The number of carbonyl (C=O) groups excluding carboxylic acids is 1. The average Bonchev–Trinajstić information content (AvgIpc) is 3.04. The molecule has 154 valence electrons. The Labute approximate surface area is 170 Å². The molecule has 4 nitrogen and oxygen atoms in total. The highest BCUT2D eigenvalue weighted by atomic mass is 19.4. The number of carbonyl (C=O) groups is 1. The first-order valence-electron chi connectivity index (χ1n) is 9.41. The predicted molar refractivity (Wildman–Crippen MR) is 110 cm³/mol. The van der Waals surface area contributed by atoms with Crippen LogP contribution in [0.25, 0.3) is 27.5 Å². The van der Waals surface area contributed by atoms with Crippen LogP contribution in [0.4, 0.5) is 13.2 Å². The molecule has 3 aromatic carbocycles. The van der Waals surface area contributed by atoms with Gasteiger partial charge in [0.15, 0.2) is 0 Å².